The van der Waals surface area contributed by atoms with Crippen molar-refractivity contribution in [2.75, 3.05) is 11.4 Å². The number of benzene rings is 1. The minimum Gasteiger partial charge on any atom is -0.304 e. The Hall–Kier alpha value is -1.67. The molecule has 21 heavy (non-hydrogen) atoms. The second-order valence-electron chi connectivity index (χ2n) is 5.87. The number of carbonyl (C=O) groups excluding carboxylic acids is 2. The standard InChI is InChI=1S/C16H17BrN2O2/c1-16(2,10-18)8-3-4-9-19-13-11(14(20)15(19)21)6-5-7-12(13)17/h5-7H,3-4,8-9H2,1-2H3. The third-order valence-electron chi connectivity index (χ3n) is 3.68. The lowest BCUT2D eigenvalue weighted by Crippen LogP contribution is -2.31. The molecule has 5 heteroatoms. The Labute approximate surface area is 132 Å². The zero-order valence-electron chi connectivity index (χ0n) is 12.1. The molecule has 0 atom stereocenters. The average Bonchev–Trinajstić information content (AvgIpc) is 2.70. The molecule has 1 amide bonds. The number of rotatable bonds is 5. The SMILES string of the molecule is CC(C)(C#N)CCCCN1C(=O)C(=O)c2cccc(Br)c21. The van der Waals surface area contributed by atoms with Crippen LogP contribution in [0.5, 0.6) is 0 Å². The van der Waals surface area contributed by atoms with Crippen molar-refractivity contribution in [3.63, 3.8) is 0 Å². The molecule has 0 saturated heterocycles. The number of hydrogen-bond acceptors (Lipinski definition) is 3. The van der Waals surface area contributed by atoms with Crippen LogP contribution in [0.15, 0.2) is 22.7 Å². The Morgan fingerprint density at radius 2 is 2.00 bits per heavy atom. The van der Waals surface area contributed by atoms with Gasteiger partial charge in [-0.05, 0) is 54.8 Å². The number of amides is 1. The van der Waals surface area contributed by atoms with E-state index in [2.05, 4.69) is 22.0 Å². The summed E-state index contributed by atoms with van der Waals surface area (Å²) in [6.07, 6.45) is 2.39. The van der Waals surface area contributed by atoms with Crippen LogP contribution in [0.2, 0.25) is 0 Å². The van der Waals surface area contributed by atoms with Crippen LogP contribution in [-0.4, -0.2) is 18.2 Å². The van der Waals surface area contributed by atoms with E-state index in [1.165, 1.54) is 0 Å². The summed E-state index contributed by atoms with van der Waals surface area (Å²) >= 11 is 3.41. The Morgan fingerprint density at radius 3 is 2.67 bits per heavy atom. The Morgan fingerprint density at radius 1 is 1.29 bits per heavy atom. The van der Waals surface area contributed by atoms with E-state index in [1.54, 1.807) is 17.0 Å². The van der Waals surface area contributed by atoms with Gasteiger partial charge in [0.2, 0.25) is 0 Å². The summed E-state index contributed by atoms with van der Waals surface area (Å²) < 4.78 is 0.761. The van der Waals surface area contributed by atoms with Crippen molar-refractivity contribution in [2.24, 2.45) is 5.41 Å². The zero-order valence-corrected chi connectivity index (χ0v) is 13.7. The molecule has 110 valence electrons. The number of Topliss-reactive ketones (excluding diaryl/α,β-unsaturated/α-hetero) is 1. The summed E-state index contributed by atoms with van der Waals surface area (Å²) in [4.78, 5) is 25.6. The van der Waals surface area contributed by atoms with Crippen molar-refractivity contribution < 1.29 is 9.59 Å². The van der Waals surface area contributed by atoms with E-state index in [4.69, 9.17) is 5.26 Å². The third kappa shape index (κ3) is 3.16. The van der Waals surface area contributed by atoms with Gasteiger partial charge in [-0.25, -0.2) is 0 Å². The smallest absolute Gasteiger partial charge is 0.299 e. The third-order valence-corrected chi connectivity index (χ3v) is 4.32. The van der Waals surface area contributed by atoms with Crippen LogP contribution in [0.1, 0.15) is 43.5 Å². The lowest BCUT2D eigenvalue weighted by Gasteiger charge is -2.19. The number of hydrogen-bond donors (Lipinski definition) is 0. The van der Waals surface area contributed by atoms with Crippen LogP contribution in [0.25, 0.3) is 0 Å². The molecular formula is C16H17BrN2O2. The fraction of sp³-hybridized carbons (Fsp3) is 0.438. The van der Waals surface area contributed by atoms with Crippen LogP contribution in [0.3, 0.4) is 0 Å². The molecule has 0 radical (unpaired) electrons. The second kappa shape index (κ2) is 5.98. The number of ketones is 1. The van der Waals surface area contributed by atoms with Gasteiger partial charge in [-0.15, -0.1) is 0 Å². The second-order valence-corrected chi connectivity index (χ2v) is 6.73. The predicted octanol–water partition coefficient (Wildman–Crippen LogP) is 3.70. The van der Waals surface area contributed by atoms with E-state index < -0.39 is 11.7 Å². The fourth-order valence-electron chi connectivity index (χ4n) is 2.42. The lowest BCUT2D eigenvalue weighted by molar-refractivity contribution is -0.114. The van der Waals surface area contributed by atoms with Gasteiger partial charge in [0.05, 0.1) is 22.7 Å². The normalized spacial score (nSPS) is 14.3. The molecule has 1 aliphatic rings. The summed E-state index contributed by atoms with van der Waals surface area (Å²) in [7, 11) is 0. The highest BCUT2D eigenvalue weighted by Gasteiger charge is 2.36. The summed E-state index contributed by atoms with van der Waals surface area (Å²) in [5, 5.41) is 8.98. The molecule has 0 bridgehead atoms. The van der Waals surface area contributed by atoms with Crippen LogP contribution in [-0.2, 0) is 4.79 Å². The molecule has 0 unspecified atom stereocenters. The van der Waals surface area contributed by atoms with Crippen LogP contribution in [0, 0.1) is 16.7 Å². The monoisotopic (exact) mass is 348 g/mol. The van der Waals surface area contributed by atoms with Gasteiger partial charge in [0.25, 0.3) is 11.7 Å². The van der Waals surface area contributed by atoms with Crippen molar-refractivity contribution in [2.45, 2.75) is 33.1 Å². The molecule has 1 heterocycles. The van der Waals surface area contributed by atoms with Gasteiger partial charge < -0.3 is 4.90 Å². The number of unbranched alkanes of at least 4 members (excludes halogenated alkanes) is 1. The number of nitriles is 1. The molecule has 0 N–H and O–H groups in total. The Bertz CT molecular complexity index is 632. The summed E-state index contributed by atoms with van der Waals surface area (Å²) in [5.41, 5.74) is 0.794. The summed E-state index contributed by atoms with van der Waals surface area (Å²) in [6.45, 7) is 4.31. The van der Waals surface area contributed by atoms with E-state index in [0.29, 0.717) is 17.8 Å². The number of fused-ring (bicyclic) bond motifs is 1. The molecule has 0 aliphatic carbocycles. The Balaban J connectivity index is 2.04. The van der Waals surface area contributed by atoms with Gasteiger partial charge in [-0.1, -0.05) is 12.5 Å². The zero-order chi connectivity index (χ0) is 15.6. The van der Waals surface area contributed by atoms with Crippen LogP contribution >= 0.6 is 15.9 Å². The van der Waals surface area contributed by atoms with Gasteiger partial charge in [0.1, 0.15) is 0 Å². The average molecular weight is 349 g/mol. The maximum absolute atomic E-state index is 12.1. The van der Waals surface area contributed by atoms with Gasteiger partial charge >= 0.3 is 0 Å². The first kappa shape index (κ1) is 15.7. The minimum absolute atomic E-state index is 0.344. The van der Waals surface area contributed by atoms with Gasteiger partial charge in [0.15, 0.2) is 0 Å². The first-order chi connectivity index (χ1) is 9.87. The first-order valence-corrected chi connectivity index (χ1v) is 7.72. The summed E-state index contributed by atoms with van der Waals surface area (Å²) in [5.74, 6) is -0.903. The highest BCUT2D eigenvalue weighted by molar-refractivity contribution is 9.10. The number of halogens is 1. The van der Waals surface area contributed by atoms with Crippen molar-refractivity contribution >= 4 is 33.3 Å². The van der Waals surface area contributed by atoms with E-state index in [0.717, 1.165) is 23.7 Å². The van der Waals surface area contributed by atoms with Gasteiger partial charge in [0, 0.05) is 11.0 Å². The maximum Gasteiger partial charge on any atom is 0.299 e. The van der Waals surface area contributed by atoms with E-state index in [-0.39, 0.29) is 5.41 Å². The summed E-state index contributed by atoms with van der Waals surface area (Å²) in [6, 6.07) is 7.53. The van der Waals surface area contributed by atoms with Gasteiger partial charge in [-0.2, -0.15) is 5.26 Å². The number of carbonyl (C=O) groups is 2. The molecule has 0 spiro atoms. The quantitative estimate of drug-likeness (QED) is 0.602. The molecule has 4 nitrogen and oxygen atoms in total. The van der Waals surface area contributed by atoms with Crippen molar-refractivity contribution in [3.05, 3.63) is 28.2 Å². The van der Waals surface area contributed by atoms with E-state index >= 15 is 0 Å². The molecule has 1 aliphatic heterocycles. The van der Waals surface area contributed by atoms with E-state index in [1.807, 2.05) is 19.9 Å². The highest BCUT2D eigenvalue weighted by Crippen LogP contribution is 2.36. The van der Waals surface area contributed by atoms with Gasteiger partial charge in [-0.3, -0.25) is 9.59 Å². The molecule has 2 rings (SSSR count). The largest absolute Gasteiger partial charge is 0.304 e. The molecule has 1 aromatic carbocycles. The van der Waals surface area contributed by atoms with Crippen LogP contribution in [0.4, 0.5) is 5.69 Å². The first-order valence-electron chi connectivity index (χ1n) is 6.93. The number of para-hydroxylation sites is 1. The molecule has 0 aromatic heterocycles. The van der Waals surface area contributed by atoms with Crippen LogP contribution < -0.4 is 4.90 Å². The van der Waals surface area contributed by atoms with Crippen molar-refractivity contribution in [1.29, 1.82) is 5.26 Å². The molecule has 1 aromatic rings. The molecule has 0 saturated carbocycles. The number of anilines is 1. The molecular weight excluding hydrogens is 332 g/mol. The molecule has 0 fully saturated rings. The minimum atomic E-state index is -0.462. The number of nitrogens with zero attached hydrogens (tertiary/aromatic N) is 2. The fourth-order valence-corrected chi connectivity index (χ4v) is 3.00. The van der Waals surface area contributed by atoms with E-state index in [9.17, 15) is 9.59 Å². The topological polar surface area (TPSA) is 61.2 Å². The van der Waals surface area contributed by atoms with Crippen molar-refractivity contribution in [3.8, 4) is 6.07 Å². The Kier molecular flexibility index (Phi) is 4.48. The highest BCUT2D eigenvalue weighted by atomic mass is 79.9. The van der Waals surface area contributed by atoms with Crippen molar-refractivity contribution in [1.82, 2.24) is 0 Å². The lowest BCUT2D eigenvalue weighted by atomic mass is 9.89. The maximum atomic E-state index is 12.1. The predicted molar refractivity (Wildman–Crippen MR) is 84.1 cm³/mol.